The predicted molar refractivity (Wildman–Crippen MR) is 68.7 cm³/mol. The van der Waals surface area contributed by atoms with E-state index in [1.165, 1.54) is 11.1 Å². The smallest absolute Gasteiger partial charge is 0.00821 e. The number of hydrogen-bond donors (Lipinski definition) is 0. The summed E-state index contributed by atoms with van der Waals surface area (Å²) in [5.74, 6) is 0.567. The molecule has 82 valence electrons. The molecule has 0 nitrogen and oxygen atoms in total. The van der Waals surface area contributed by atoms with E-state index in [0.29, 0.717) is 5.92 Å². The molecular weight excluding hydrogens is 180 g/mol. The Morgan fingerprint density at radius 2 is 2.27 bits per heavy atom. The standard InChI is InChI=1S/C15H22/c1-6-12(2)9-10-14-13(3)8-7-11-15(14,4)5/h6-7,9,11,14H,1,3,8,10H2,2,4-5H3/b12-9-. The van der Waals surface area contributed by atoms with Crippen LogP contribution in [-0.2, 0) is 0 Å². The summed E-state index contributed by atoms with van der Waals surface area (Å²) in [5, 5.41) is 0. The van der Waals surface area contributed by atoms with Gasteiger partial charge in [0.1, 0.15) is 0 Å². The van der Waals surface area contributed by atoms with Gasteiger partial charge >= 0.3 is 0 Å². The Labute approximate surface area is 94.1 Å². The first-order valence-corrected chi connectivity index (χ1v) is 5.62. The van der Waals surface area contributed by atoms with Crippen LogP contribution in [0.3, 0.4) is 0 Å². The molecule has 0 heteroatoms. The van der Waals surface area contributed by atoms with E-state index in [1.54, 1.807) is 0 Å². The van der Waals surface area contributed by atoms with Crippen LogP contribution in [0.1, 0.15) is 33.6 Å². The minimum Gasteiger partial charge on any atom is -0.0992 e. The van der Waals surface area contributed by atoms with Gasteiger partial charge in [0.2, 0.25) is 0 Å². The van der Waals surface area contributed by atoms with Crippen LogP contribution in [0.4, 0.5) is 0 Å². The van der Waals surface area contributed by atoms with Crippen LogP contribution in [0, 0.1) is 11.3 Å². The summed E-state index contributed by atoms with van der Waals surface area (Å²) in [6, 6.07) is 0. The molecule has 0 aromatic heterocycles. The van der Waals surface area contributed by atoms with E-state index in [0.717, 1.165) is 12.8 Å². The summed E-state index contributed by atoms with van der Waals surface area (Å²) in [6.07, 6.45) is 10.9. The van der Waals surface area contributed by atoms with Gasteiger partial charge in [0, 0.05) is 0 Å². The molecule has 15 heavy (non-hydrogen) atoms. The molecule has 0 fully saturated rings. The third-order valence-electron chi connectivity index (χ3n) is 3.32. The van der Waals surface area contributed by atoms with Crippen LogP contribution in [0.5, 0.6) is 0 Å². The fourth-order valence-corrected chi connectivity index (χ4v) is 2.16. The van der Waals surface area contributed by atoms with Gasteiger partial charge < -0.3 is 0 Å². The zero-order valence-corrected chi connectivity index (χ0v) is 10.2. The van der Waals surface area contributed by atoms with Gasteiger partial charge in [-0.2, -0.15) is 0 Å². The Morgan fingerprint density at radius 3 is 2.80 bits per heavy atom. The van der Waals surface area contributed by atoms with Crippen LogP contribution >= 0.6 is 0 Å². The molecule has 1 unspecified atom stereocenters. The molecule has 0 saturated heterocycles. The molecule has 0 N–H and O–H groups in total. The quantitative estimate of drug-likeness (QED) is 0.461. The maximum atomic E-state index is 4.19. The van der Waals surface area contributed by atoms with Crippen molar-refractivity contribution in [2.45, 2.75) is 33.6 Å². The first-order chi connectivity index (χ1) is 6.97. The first-order valence-electron chi connectivity index (χ1n) is 5.62. The molecule has 0 amide bonds. The number of allylic oxidation sites excluding steroid dienone is 6. The summed E-state index contributed by atoms with van der Waals surface area (Å²) in [5.41, 5.74) is 2.86. The molecule has 0 spiro atoms. The molecule has 1 aliphatic carbocycles. The Bertz CT molecular complexity index is 313. The molecule has 0 aliphatic heterocycles. The summed E-state index contributed by atoms with van der Waals surface area (Å²) in [6.45, 7) is 14.6. The van der Waals surface area contributed by atoms with E-state index < -0.39 is 0 Å². The molecular formula is C15H22. The highest BCUT2D eigenvalue weighted by Gasteiger charge is 2.30. The van der Waals surface area contributed by atoms with Crippen molar-refractivity contribution in [2.24, 2.45) is 11.3 Å². The molecule has 0 heterocycles. The van der Waals surface area contributed by atoms with Crippen LogP contribution in [0.25, 0.3) is 0 Å². The molecule has 0 bridgehead atoms. The van der Waals surface area contributed by atoms with Crippen molar-refractivity contribution in [3.63, 3.8) is 0 Å². The van der Waals surface area contributed by atoms with Crippen LogP contribution in [0.2, 0.25) is 0 Å². The van der Waals surface area contributed by atoms with Gasteiger partial charge in [-0.1, -0.05) is 62.5 Å². The van der Waals surface area contributed by atoms with Crippen LogP contribution in [-0.4, -0.2) is 0 Å². The zero-order chi connectivity index (χ0) is 11.5. The lowest BCUT2D eigenvalue weighted by Gasteiger charge is -2.36. The summed E-state index contributed by atoms with van der Waals surface area (Å²) >= 11 is 0. The monoisotopic (exact) mass is 202 g/mol. The number of hydrogen-bond acceptors (Lipinski definition) is 0. The van der Waals surface area contributed by atoms with Gasteiger partial charge in [0.05, 0.1) is 0 Å². The molecule has 0 aromatic carbocycles. The topological polar surface area (TPSA) is 0 Å². The Hall–Kier alpha value is -1.04. The lowest BCUT2D eigenvalue weighted by molar-refractivity contribution is 0.315. The number of rotatable bonds is 3. The minimum absolute atomic E-state index is 0.243. The van der Waals surface area contributed by atoms with Crippen molar-refractivity contribution in [2.75, 3.05) is 0 Å². The maximum absolute atomic E-state index is 4.19. The van der Waals surface area contributed by atoms with Gasteiger partial charge in [0.15, 0.2) is 0 Å². The van der Waals surface area contributed by atoms with E-state index in [1.807, 2.05) is 6.08 Å². The van der Waals surface area contributed by atoms with E-state index in [2.05, 4.69) is 52.2 Å². The van der Waals surface area contributed by atoms with Crippen LogP contribution in [0.15, 0.2) is 48.6 Å². The average molecular weight is 202 g/mol. The van der Waals surface area contributed by atoms with Crippen molar-refractivity contribution in [1.29, 1.82) is 0 Å². The van der Waals surface area contributed by atoms with Crippen molar-refractivity contribution >= 4 is 0 Å². The van der Waals surface area contributed by atoms with Gasteiger partial charge in [0.25, 0.3) is 0 Å². The summed E-state index contributed by atoms with van der Waals surface area (Å²) in [4.78, 5) is 0. The normalized spacial score (nSPS) is 25.4. The highest BCUT2D eigenvalue weighted by Crippen LogP contribution is 2.41. The molecule has 1 rings (SSSR count). The van der Waals surface area contributed by atoms with Crippen molar-refractivity contribution in [3.05, 3.63) is 48.6 Å². The highest BCUT2D eigenvalue weighted by atomic mass is 14.3. The lowest BCUT2D eigenvalue weighted by Crippen LogP contribution is -2.25. The zero-order valence-electron chi connectivity index (χ0n) is 10.2. The van der Waals surface area contributed by atoms with Gasteiger partial charge in [-0.05, 0) is 31.1 Å². The van der Waals surface area contributed by atoms with Crippen molar-refractivity contribution < 1.29 is 0 Å². The average Bonchev–Trinajstić information content (AvgIpc) is 2.15. The molecule has 1 aliphatic rings. The Morgan fingerprint density at radius 1 is 1.60 bits per heavy atom. The van der Waals surface area contributed by atoms with Gasteiger partial charge in [-0.15, -0.1) is 0 Å². The minimum atomic E-state index is 0.243. The molecule has 0 radical (unpaired) electrons. The second-order valence-corrected chi connectivity index (χ2v) is 5.03. The fraction of sp³-hybridized carbons (Fsp3) is 0.467. The lowest BCUT2D eigenvalue weighted by atomic mass is 9.69. The SMILES string of the molecule is C=C/C(C)=C\CC1C(=C)CC=CC1(C)C. The molecule has 0 saturated carbocycles. The van der Waals surface area contributed by atoms with Crippen molar-refractivity contribution in [1.82, 2.24) is 0 Å². The fourth-order valence-electron chi connectivity index (χ4n) is 2.16. The largest absolute Gasteiger partial charge is 0.0992 e. The first kappa shape index (κ1) is 12.0. The van der Waals surface area contributed by atoms with E-state index in [9.17, 15) is 0 Å². The van der Waals surface area contributed by atoms with Crippen molar-refractivity contribution in [3.8, 4) is 0 Å². The summed E-state index contributed by atoms with van der Waals surface area (Å²) < 4.78 is 0. The second-order valence-electron chi connectivity index (χ2n) is 5.03. The van der Waals surface area contributed by atoms with Crippen LogP contribution < -0.4 is 0 Å². The maximum Gasteiger partial charge on any atom is -0.00821 e. The molecule has 1 atom stereocenters. The van der Waals surface area contributed by atoms with E-state index in [-0.39, 0.29) is 5.41 Å². The third kappa shape index (κ3) is 2.95. The Kier molecular flexibility index (Phi) is 3.73. The predicted octanol–water partition coefficient (Wildman–Crippen LogP) is 4.67. The Balaban J connectivity index is 2.79. The van der Waals surface area contributed by atoms with E-state index >= 15 is 0 Å². The second kappa shape index (κ2) is 4.65. The highest BCUT2D eigenvalue weighted by molar-refractivity contribution is 5.23. The van der Waals surface area contributed by atoms with Gasteiger partial charge in [-0.3, -0.25) is 0 Å². The third-order valence-corrected chi connectivity index (χ3v) is 3.32. The molecule has 0 aromatic rings. The van der Waals surface area contributed by atoms with Gasteiger partial charge in [-0.25, -0.2) is 0 Å². The van der Waals surface area contributed by atoms with E-state index in [4.69, 9.17) is 0 Å². The summed E-state index contributed by atoms with van der Waals surface area (Å²) in [7, 11) is 0.